The highest BCUT2D eigenvalue weighted by atomic mass is 79.9. The van der Waals surface area contributed by atoms with Gasteiger partial charge in [0.05, 0.1) is 15.6 Å². The third-order valence-electron chi connectivity index (χ3n) is 3.92. The molecule has 3 rings (SSSR count). The van der Waals surface area contributed by atoms with Crippen LogP contribution in [0.3, 0.4) is 0 Å². The Balaban J connectivity index is 1.57. The topological polar surface area (TPSA) is 95.9 Å². The van der Waals surface area contributed by atoms with Gasteiger partial charge in [0.15, 0.2) is 6.61 Å². The first-order valence-corrected chi connectivity index (χ1v) is 11.1. The summed E-state index contributed by atoms with van der Waals surface area (Å²) in [5, 5.41) is 12.0. The Kier molecular flexibility index (Phi) is 7.71. The van der Waals surface area contributed by atoms with Crippen LogP contribution in [0, 0.1) is 0 Å². The van der Waals surface area contributed by atoms with Gasteiger partial charge in [-0.05, 0) is 42.0 Å². The number of benzene rings is 2. The molecule has 1 heterocycles. The summed E-state index contributed by atoms with van der Waals surface area (Å²) in [7, 11) is 0. The summed E-state index contributed by atoms with van der Waals surface area (Å²) in [4.78, 5) is 36.6. The van der Waals surface area contributed by atoms with E-state index in [2.05, 4.69) is 21.2 Å². The van der Waals surface area contributed by atoms with E-state index in [1.54, 1.807) is 48.5 Å². The second kappa shape index (κ2) is 10.3. The Morgan fingerprint density at radius 3 is 2.61 bits per heavy atom. The van der Waals surface area contributed by atoms with Gasteiger partial charge in [0.1, 0.15) is 16.6 Å². The van der Waals surface area contributed by atoms with E-state index in [9.17, 15) is 14.4 Å². The van der Waals surface area contributed by atoms with E-state index in [0.29, 0.717) is 26.9 Å². The van der Waals surface area contributed by atoms with Crippen molar-refractivity contribution in [3.05, 3.63) is 62.4 Å². The number of thiocarbonyl (C=S) groups is 1. The summed E-state index contributed by atoms with van der Waals surface area (Å²) in [5.41, 5.74) is 1.18. The zero-order valence-electron chi connectivity index (χ0n) is 15.6. The van der Waals surface area contributed by atoms with Crippen molar-refractivity contribution in [3.63, 3.8) is 0 Å². The number of carboxylic acids is 1. The van der Waals surface area contributed by atoms with Crippen LogP contribution in [0.1, 0.15) is 5.56 Å². The lowest BCUT2D eigenvalue weighted by molar-refractivity contribution is -0.140. The molecule has 31 heavy (non-hydrogen) atoms. The maximum Gasteiger partial charge on any atom is 0.323 e. The number of carbonyl (C=O) groups excluding carboxylic acids is 2. The molecule has 1 aliphatic rings. The van der Waals surface area contributed by atoms with Crippen molar-refractivity contribution < 1.29 is 24.2 Å². The Bertz CT molecular complexity index is 1090. The Morgan fingerprint density at radius 1 is 1.26 bits per heavy atom. The monoisotopic (exact) mass is 540 g/mol. The summed E-state index contributed by atoms with van der Waals surface area (Å²) < 4.78 is 6.48. The van der Waals surface area contributed by atoms with Crippen LogP contribution in [0.5, 0.6) is 5.75 Å². The molecule has 0 unspecified atom stereocenters. The first kappa shape index (κ1) is 23.3. The van der Waals surface area contributed by atoms with Crippen LogP contribution in [-0.4, -0.2) is 45.3 Å². The number of carboxylic acid groups (broad SMARTS) is 1. The van der Waals surface area contributed by atoms with E-state index in [1.807, 2.05) is 0 Å². The molecule has 0 saturated carbocycles. The van der Waals surface area contributed by atoms with Crippen LogP contribution in [0.4, 0.5) is 5.69 Å². The number of thioether (sulfide) groups is 1. The molecule has 2 aromatic rings. The van der Waals surface area contributed by atoms with Crippen molar-refractivity contribution in [3.8, 4) is 5.75 Å². The Morgan fingerprint density at radius 2 is 1.97 bits per heavy atom. The number of carbonyl (C=O) groups is 3. The molecule has 1 fully saturated rings. The fraction of sp³-hybridized carbons (Fsp3) is 0.100. The molecule has 160 valence electrons. The van der Waals surface area contributed by atoms with Crippen molar-refractivity contribution in [1.29, 1.82) is 0 Å². The molecule has 2 aromatic carbocycles. The van der Waals surface area contributed by atoms with Gasteiger partial charge in [0.25, 0.3) is 11.8 Å². The summed E-state index contributed by atoms with van der Waals surface area (Å²) in [5.74, 6) is -1.48. The number of hydrogen-bond acceptors (Lipinski definition) is 6. The van der Waals surface area contributed by atoms with Crippen molar-refractivity contribution in [2.75, 3.05) is 18.5 Å². The van der Waals surface area contributed by atoms with E-state index in [1.165, 1.54) is 0 Å². The van der Waals surface area contributed by atoms with E-state index in [-0.39, 0.29) is 16.8 Å². The van der Waals surface area contributed by atoms with Crippen LogP contribution in [-0.2, 0) is 14.4 Å². The van der Waals surface area contributed by atoms with Crippen LogP contribution >= 0.6 is 51.5 Å². The highest BCUT2D eigenvalue weighted by Gasteiger charge is 2.33. The summed E-state index contributed by atoms with van der Waals surface area (Å²) >= 11 is 15.5. The number of ether oxygens (including phenoxy) is 1. The first-order chi connectivity index (χ1) is 14.7. The minimum absolute atomic E-state index is 0.204. The van der Waals surface area contributed by atoms with E-state index in [0.717, 1.165) is 21.1 Å². The molecule has 0 radical (unpaired) electrons. The molecule has 7 nitrogen and oxygen atoms in total. The van der Waals surface area contributed by atoms with Crippen LogP contribution < -0.4 is 10.1 Å². The molecule has 2 amide bonds. The third-order valence-corrected chi connectivity index (χ3v) is 6.10. The van der Waals surface area contributed by atoms with Gasteiger partial charge in [-0.3, -0.25) is 19.3 Å². The van der Waals surface area contributed by atoms with Crippen molar-refractivity contribution in [2.24, 2.45) is 0 Å². The number of aliphatic carboxylic acids is 1. The molecule has 1 saturated heterocycles. The molecule has 1 aliphatic heterocycles. The van der Waals surface area contributed by atoms with E-state index in [4.69, 9.17) is 33.7 Å². The Labute approximate surface area is 200 Å². The molecular formula is C20H14BrClN2O5S2. The van der Waals surface area contributed by atoms with Gasteiger partial charge in [-0.15, -0.1) is 0 Å². The van der Waals surface area contributed by atoms with E-state index >= 15 is 0 Å². The summed E-state index contributed by atoms with van der Waals surface area (Å²) in [6, 6.07) is 11.8. The van der Waals surface area contributed by atoms with Gasteiger partial charge >= 0.3 is 5.97 Å². The third kappa shape index (κ3) is 6.30. The van der Waals surface area contributed by atoms with Gasteiger partial charge in [-0.1, -0.05) is 63.6 Å². The fourth-order valence-electron chi connectivity index (χ4n) is 2.51. The van der Waals surface area contributed by atoms with Gasteiger partial charge in [-0.25, -0.2) is 0 Å². The second-order valence-electron chi connectivity index (χ2n) is 6.19. The number of halogens is 2. The summed E-state index contributed by atoms with van der Waals surface area (Å²) in [6.07, 6.45) is 1.62. The lowest BCUT2D eigenvalue weighted by Gasteiger charge is -2.10. The lowest BCUT2D eigenvalue weighted by atomic mass is 10.2. The van der Waals surface area contributed by atoms with Crippen molar-refractivity contribution >= 4 is 85.4 Å². The number of amides is 2. The SMILES string of the molecule is O=C(O)CN1C(=O)/C(=C/c2ccc(OCC(=O)Nc3ccc(Br)cc3Cl)cc2)SC1=S. The predicted molar refractivity (Wildman–Crippen MR) is 127 cm³/mol. The lowest BCUT2D eigenvalue weighted by Crippen LogP contribution is -2.33. The predicted octanol–water partition coefficient (Wildman–Crippen LogP) is 4.41. The molecule has 0 spiro atoms. The number of hydrogen-bond donors (Lipinski definition) is 2. The highest BCUT2D eigenvalue weighted by molar-refractivity contribution is 9.10. The molecular weight excluding hydrogens is 528 g/mol. The molecule has 0 bridgehead atoms. The number of nitrogens with zero attached hydrogens (tertiary/aromatic N) is 1. The van der Waals surface area contributed by atoms with Crippen molar-refractivity contribution in [2.45, 2.75) is 0 Å². The van der Waals surface area contributed by atoms with Gasteiger partial charge < -0.3 is 15.2 Å². The standard InChI is InChI=1S/C20H14BrClN2O5S2/c21-12-3-6-15(14(22)8-12)23-17(25)10-29-13-4-1-11(2-5-13)7-16-19(28)24(9-18(26)27)20(30)31-16/h1-8H,9-10H2,(H,23,25)(H,26,27)/b16-7-. The number of anilines is 1. The molecule has 11 heteroatoms. The maximum atomic E-state index is 12.3. The van der Waals surface area contributed by atoms with E-state index < -0.39 is 18.4 Å². The largest absolute Gasteiger partial charge is 0.484 e. The maximum absolute atomic E-state index is 12.3. The zero-order valence-corrected chi connectivity index (χ0v) is 19.6. The highest BCUT2D eigenvalue weighted by Crippen LogP contribution is 2.32. The smallest absolute Gasteiger partial charge is 0.323 e. The molecule has 2 N–H and O–H groups in total. The molecule has 0 aliphatic carbocycles. The average molecular weight is 542 g/mol. The quantitative estimate of drug-likeness (QED) is 0.396. The van der Waals surface area contributed by atoms with Crippen molar-refractivity contribution in [1.82, 2.24) is 4.90 Å². The zero-order chi connectivity index (χ0) is 22.5. The van der Waals surface area contributed by atoms with Gasteiger partial charge in [0.2, 0.25) is 0 Å². The number of nitrogens with one attached hydrogen (secondary N) is 1. The summed E-state index contributed by atoms with van der Waals surface area (Å²) in [6.45, 7) is -0.679. The second-order valence-corrected chi connectivity index (χ2v) is 9.19. The fourth-order valence-corrected chi connectivity index (χ4v) is 4.48. The normalized spacial score (nSPS) is 14.8. The average Bonchev–Trinajstić information content (AvgIpc) is 2.96. The van der Waals surface area contributed by atoms with Gasteiger partial charge in [0, 0.05) is 4.47 Å². The first-order valence-electron chi connectivity index (χ1n) is 8.68. The minimum atomic E-state index is -1.13. The minimum Gasteiger partial charge on any atom is -0.484 e. The number of rotatable bonds is 7. The van der Waals surface area contributed by atoms with Gasteiger partial charge in [-0.2, -0.15) is 0 Å². The van der Waals surface area contributed by atoms with Crippen LogP contribution in [0.2, 0.25) is 5.02 Å². The molecule has 0 atom stereocenters. The van der Waals surface area contributed by atoms with Crippen LogP contribution in [0.25, 0.3) is 6.08 Å². The van der Waals surface area contributed by atoms with Crippen LogP contribution in [0.15, 0.2) is 51.8 Å². The molecule has 0 aromatic heterocycles. The Hall–Kier alpha value is -2.40.